The van der Waals surface area contributed by atoms with Crippen molar-refractivity contribution < 1.29 is 14.7 Å². The molecule has 0 aromatic carbocycles. The quantitative estimate of drug-likeness (QED) is 0.692. The van der Waals surface area contributed by atoms with Crippen LogP contribution >= 0.6 is 11.8 Å². The highest BCUT2D eigenvalue weighted by atomic mass is 32.2. The van der Waals surface area contributed by atoms with Gasteiger partial charge in [0.1, 0.15) is 6.54 Å². The van der Waals surface area contributed by atoms with E-state index in [1.165, 1.54) is 6.42 Å². The highest BCUT2D eigenvalue weighted by molar-refractivity contribution is 7.99. The second-order valence-electron chi connectivity index (χ2n) is 3.94. The number of rotatable bonds is 4. The minimum absolute atomic E-state index is 0.181. The molecular weight excluding hydrogens is 228 g/mol. The molecule has 2 atom stereocenters. The van der Waals surface area contributed by atoms with Gasteiger partial charge in [-0.25, -0.2) is 4.79 Å². The number of carbonyl (C=O) groups excluding carboxylic acids is 1. The molecule has 6 heteroatoms. The van der Waals surface area contributed by atoms with Crippen molar-refractivity contribution in [2.24, 2.45) is 0 Å². The van der Waals surface area contributed by atoms with E-state index in [-0.39, 0.29) is 18.6 Å². The van der Waals surface area contributed by atoms with Crippen LogP contribution in [0.3, 0.4) is 0 Å². The van der Waals surface area contributed by atoms with Crippen LogP contribution in [-0.4, -0.2) is 41.2 Å². The molecule has 0 aliphatic heterocycles. The first kappa shape index (κ1) is 13.2. The molecule has 1 aliphatic carbocycles. The van der Waals surface area contributed by atoms with Crippen molar-refractivity contribution in [3.8, 4) is 0 Å². The Labute approximate surface area is 99.4 Å². The van der Waals surface area contributed by atoms with Gasteiger partial charge in [-0.1, -0.05) is 6.42 Å². The number of amides is 2. The smallest absolute Gasteiger partial charge is 0.323 e. The van der Waals surface area contributed by atoms with E-state index in [1.807, 2.05) is 11.8 Å². The normalized spacial score (nSPS) is 24.8. The Bertz CT molecular complexity index is 260. The molecular formula is C10H18N2O3S. The molecule has 3 N–H and O–H groups in total. The fourth-order valence-electron chi connectivity index (χ4n) is 1.88. The van der Waals surface area contributed by atoms with Gasteiger partial charge >= 0.3 is 12.0 Å². The summed E-state index contributed by atoms with van der Waals surface area (Å²) in [5.41, 5.74) is 0. The molecule has 1 rings (SSSR count). The summed E-state index contributed by atoms with van der Waals surface area (Å²) in [4.78, 5) is 21.6. The fraction of sp³-hybridized carbons (Fsp3) is 0.800. The van der Waals surface area contributed by atoms with Crippen LogP contribution in [0.15, 0.2) is 0 Å². The highest BCUT2D eigenvalue weighted by Gasteiger charge is 2.22. The molecule has 1 fully saturated rings. The molecule has 0 aromatic rings. The van der Waals surface area contributed by atoms with E-state index in [1.54, 1.807) is 0 Å². The van der Waals surface area contributed by atoms with Gasteiger partial charge in [-0.15, -0.1) is 0 Å². The van der Waals surface area contributed by atoms with Gasteiger partial charge in [0.2, 0.25) is 0 Å². The Balaban J connectivity index is 2.25. The van der Waals surface area contributed by atoms with Gasteiger partial charge < -0.3 is 15.7 Å². The Hall–Kier alpha value is -0.910. The van der Waals surface area contributed by atoms with Crippen molar-refractivity contribution in [3.63, 3.8) is 0 Å². The summed E-state index contributed by atoms with van der Waals surface area (Å²) in [6, 6.07) is -0.200. The zero-order chi connectivity index (χ0) is 12.0. The van der Waals surface area contributed by atoms with Crippen LogP contribution in [0.4, 0.5) is 4.79 Å². The number of hydrogen-bond acceptors (Lipinski definition) is 3. The van der Waals surface area contributed by atoms with E-state index >= 15 is 0 Å². The van der Waals surface area contributed by atoms with Crippen LogP contribution in [0.2, 0.25) is 0 Å². The Morgan fingerprint density at radius 1 is 1.44 bits per heavy atom. The third-order valence-corrected chi connectivity index (χ3v) is 3.79. The summed E-state index contributed by atoms with van der Waals surface area (Å²) in [6.07, 6.45) is 6.36. The molecule has 0 bridgehead atoms. The summed E-state index contributed by atoms with van der Waals surface area (Å²) < 4.78 is 0. The summed E-state index contributed by atoms with van der Waals surface area (Å²) in [6.45, 7) is -0.329. The van der Waals surface area contributed by atoms with E-state index in [2.05, 4.69) is 16.9 Å². The summed E-state index contributed by atoms with van der Waals surface area (Å²) in [7, 11) is 0. The number of hydrogen-bond donors (Lipinski definition) is 3. The Morgan fingerprint density at radius 2 is 2.19 bits per heavy atom. The fourth-order valence-corrected chi connectivity index (χ4v) is 2.71. The molecule has 0 aromatic heterocycles. The summed E-state index contributed by atoms with van der Waals surface area (Å²) in [5.74, 6) is -1.03. The predicted molar refractivity (Wildman–Crippen MR) is 63.7 cm³/mol. The number of carbonyl (C=O) groups is 2. The van der Waals surface area contributed by atoms with Crippen LogP contribution in [-0.2, 0) is 4.79 Å². The lowest BCUT2D eigenvalue weighted by Crippen LogP contribution is -2.45. The largest absolute Gasteiger partial charge is 0.480 e. The van der Waals surface area contributed by atoms with Crippen molar-refractivity contribution in [1.82, 2.24) is 10.6 Å². The van der Waals surface area contributed by atoms with E-state index < -0.39 is 5.97 Å². The molecule has 0 saturated heterocycles. The van der Waals surface area contributed by atoms with E-state index in [0.29, 0.717) is 5.25 Å². The van der Waals surface area contributed by atoms with Crippen molar-refractivity contribution in [2.75, 3.05) is 12.8 Å². The lowest BCUT2D eigenvalue weighted by Gasteiger charge is -2.28. The zero-order valence-electron chi connectivity index (χ0n) is 9.36. The first-order valence-corrected chi connectivity index (χ1v) is 6.69. The van der Waals surface area contributed by atoms with E-state index in [9.17, 15) is 9.59 Å². The lowest BCUT2D eigenvalue weighted by molar-refractivity contribution is -0.135. The maximum atomic E-state index is 11.3. The number of nitrogens with one attached hydrogen (secondary N) is 2. The number of thioether (sulfide) groups is 1. The summed E-state index contributed by atoms with van der Waals surface area (Å²) >= 11 is 1.83. The van der Waals surface area contributed by atoms with Gasteiger partial charge in [0.25, 0.3) is 0 Å². The second kappa shape index (κ2) is 6.62. The second-order valence-corrected chi connectivity index (χ2v) is 5.08. The van der Waals surface area contributed by atoms with Crippen LogP contribution in [0.5, 0.6) is 0 Å². The summed E-state index contributed by atoms with van der Waals surface area (Å²) in [5, 5.41) is 14.1. The van der Waals surface area contributed by atoms with Crippen molar-refractivity contribution in [2.45, 2.75) is 37.0 Å². The van der Waals surface area contributed by atoms with Crippen LogP contribution in [0, 0.1) is 0 Å². The van der Waals surface area contributed by atoms with Crippen LogP contribution < -0.4 is 10.6 Å². The zero-order valence-corrected chi connectivity index (χ0v) is 10.2. The average molecular weight is 246 g/mol. The van der Waals surface area contributed by atoms with E-state index in [0.717, 1.165) is 19.3 Å². The molecule has 1 aliphatic rings. The van der Waals surface area contributed by atoms with Crippen LogP contribution in [0.1, 0.15) is 25.7 Å². The number of urea groups is 1. The number of aliphatic carboxylic acids is 1. The SMILES string of the molecule is CSC1CCCC(NC(=O)NCC(=O)O)C1. The number of carboxylic acids is 1. The molecule has 16 heavy (non-hydrogen) atoms. The van der Waals surface area contributed by atoms with Gasteiger partial charge in [-0.05, 0) is 25.5 Å². The minimum atomic E-state index is -1.03. The van der Waals surface area contributed by atoms with Gasteiger partial charge in [0.15, 0.2) is 0 Å². The van der Waals surface area contributed by atoms with Gasteiger partial charge in [0.05, 0.1) is 0 Å². The monoisotopic (exact) mass is 246 g/mol. The lowest BCUT2D eigenvalue weighted by atomic mass is 9.95. The third-order valence-electron chi connectivity index (χ3n) is 2.69. The van der Waals surface area contributed by atoms with Crippen LogP contribution in [0.25, 0.3) is 0 Å². The molecule has 0 heterocycles. The molecule has 1 saturated carbocycles. The molecule has 2 unspecified atom stereocenters. The van der Waals surface area contributed by atoms with E-state index in [4.69, 9.17) is 5.11 Å². The maximum absolute atomic E-state index is 11.3. The standard InChI is InChI=1S/C10H18N2O3S/c1-16-8-4-2-3-7(5-8)12-10(15)11-6-9(13)14/h7-8H,2-6H2,1H3,(H,13,14)(H2,11,12,15). The third kappa shape index (κ3) is 4.74. The van der Waals surface area contributed by atoms with Crippen molar-refractivity contribution in [1.29, 1.82) is 0 Å². The molecule has 0 radical (unpaired) electrons. The molecule has 5 nitrogen and oxygen atoms in total. The Morgan fingerprint density at radius 3 is 2.81 bits per heavy atom. The molecule has 0 spiro atoms. The van der Waals surface area contributed by atoms with Crippen molar-refractivity contribution >= 4 is 23.8 Å². The Kier molecular flexibility index (Phi) is 5.45. The van der Waals surface area contributed by atoms with Gasteiger partial charge in [0, 0.05) is 11.3 Å². The maximum Gasteiger partial charge on any atom is 0.323 e. The van der Waals surface area contributed by atoms with Gasteiger partial charge in [-0.2, -0.15) is 11.8 Å². The first-order valence-electron chi connectivity index (χ1n) is 5.40. The first-order chi connectivity index (χ1) is 7.61. The number of carboxylic acid groups (broad SMARTS) is 1. The predicted octanol–water partition coefficient (Wildman–Crippen LogP) is 1.04. The highest BCUT2D eigenvalue weighted by Crippen LogP contribution is 2.26. The topological polar surface area (TPSA) is 78.4 Å². The van der Waals surface area contributed by atoms with Gasteiger partial charge in [-0.3, -0.25) is 4.79 Å². The molecule has 2 amide bonds. The van der Waals surface area contributed by atoms with Crippen molar-refractivity contribution in [3.05, 3.63) is 0 Å². The minimum Gasteiger partial charge on any atom is -0.480 e. The average Bonchev–Trinajstić information content (AvgIpc) is 2.26. The molecule has 92 valence electrons.